The molecule has 1 unspecified atom stereocenters. The molecule has 4 N–H and O–H groups in total. The van der Waals surface area contributed by atoms with Gasteiger partial charge in [0.25, 0.3) is 0 Å². The highest BCUT2D eigenvalue weighted by Gasteiger charge is 2.64. The van der Waals surface area contributed by atoms with Gasteiger partial charge in [-0.15, -0.1) is 0 Å². The molecule has 2 rings (SSSR count). The minimum Gasteiger partial charge on any atom is -0.369 e. The minimum absolute atomic E-state index is 0.265. The molecule has 0 spiro atoms. The molecule has 1 aliphatic carbocycles. The summed E-state index contributed by atoms with van der Waals surface area (Å²) in [5.41, 5.74) is 9.59. The van der Waals surface area contributed by atoms with Gasteiger partial charge >= 0.3 is 0 Å². The van der Waals surface area contributed by atoms with E-state index in [1.165, 1.54) is 18.2 Å². The van der Waals surface area contributed by atoms with Crippen molar-refractivity contribution in [2.45, 2.75) is 12.3 Å². The lowest BCUT2D eigenvalue weighted by molar-refractivity contribution is -0.133. The number of benzene rings is 1. The Balaban J connectivity index is 2.34. The lowest BCUT2D eigenvalue weighted by Crippen LogP contribution is -2.38. The second kappa shape index (κ2) is 3.30. The fourth-order valence-electron chi connectivity index (χ4n) is 2.05. The zero-order valence-electron chi connectivity index (χ0n) is 8.44. The summed E-state index contributed by atoms with van der Waals surface area (Å²) in [6.07, 6.45) is 0.265. The molecule has 0 aliphatic heterocycles. The number of carbonyl (C=O) groups is 2. The highest BCUT2D eigenvalue weighted by molar-refractivity contribution is 6.08. The Labute approximate surface area is 91.4 Å². The first-order valence-electron chi connectivity index (χ1n) is 4.84. The monoisotopic (exact) mass is 222 g/mol. The molecular formula is C11H11FN2O2. The van der Waals surface area contributed by atoms with Gasteiger partial charge in [0.1, 0.15) is 11.2 Å². The highest BCUT2D eigenvalue weighted by Crippen LogP contribution is 2.58. The van der Waals surface area contributed by atoms with Gasteiger partial charge in [-0.3, -0.25) is 9.59 Å². The maximum atomic E-state index is 13.0. The summed E-state index contributed by atoms with van der Waals surface area (Å²) >= 11 is 0. The smallest absolute Gasteiger partial charge is 0.233 e. The van der Waals surface area contributed by atoms with Crippen LogP contribution in [0.3, 0.4) is 0 Å². The number of nitrogens with two attached hydrogens (primary N) is 2. The van der Waals surface area contributed by atoms with Crippen LogP contribution in [0.5, 0.6) is 0 Å². The van der Waals surface area contributed by atoms with Crippen LogP contribution in [0.1, 0.15) is 17.9 Å². The fraction of sp³-hybridized carbons (Fsp3) is 0.273. The number of carbonyl (C=O) groups excluding carboxylic acids is 2. The van der Waals surface area contributed by atoms with Crippen LogP contribution in [-0.2, 0) is 9.59 Å². The van der Waals surface area contributed by atoms with Gasteiger partial charge < -0.3 is 11.5 Å². The van der Waals surface area contributed by atoms with E-state index in [1.807, 2.05) is 0 Å². The summed E-state index contributed by atoms with van der Waals surface area (Å²) in [4.78, 5) is 22.4. The van der Waals surface area contributed by atoms with E-state index in [2.05, 4.69) is 0 Å². The average molecular weight is 222 g/mol. The molecule has 0 heterocycles. The van der Waals surface area contributed by atoms with Crippen LogP contribution in [0.15, 0.2) is 24.3 Å². The molecule has 0 radical (unpaired) electrons. The van der Waals surface area contributed by atoms with E-state index >= 15 is 0 Å². The Morgan fingerprint density at radius 2 is 1.94 bits per heavy atom. The van der Waals surface area contributed by atoms with Crippen molar-refractivity contribution in [3.05, 3.63) is 35.6 Å². The van der Waals surface area contributed by atoms with Crippen LogP contribution in [0.4, 0.5) is 4.39 Å². The normalized spacial score (nSPS) is 21.4. The van der Waals surface area contributed by atoms with Crippen molar-refractivity contribution in [3.8, 4) is 0 Å². The lowest BCUT2D eigenvalue weighted by atomic mass is 9.97. The van der Waals surface area contributed by atoms with Crippen molar-refractivity contribution in [1.29, 1.82) is 0 Å². The predicted octanol–water partition coefficient (Wildman–Crippen LogP) is 0.270. The molecular weight excluding hydrogens is 211 g/mol. The summed E-state index contributed by atoms with van der Waals surface area (Å²) < 4.78 is 13.0. The first-order valence-corrected chi connectivity index (χ1v) is 4.84. The molecule has 4 nitrogen and oxygen atoms in total. The van der Waals surface area contributed by atoms with E-state index in [0.29, 0.717) is 5.56 Å². The van der Waals surface area contributed by atoms with Gasteiger partial charge in [0.15, 0.2) is 0 Å². The van der Waals surface area contributed by atoms with Gasteiger partial charge in [-0.25, -0.2) is 4.39 Å². The summed E-state index contributed by atoms with van der Waals surface area (Å²) in [5.74, 6) is -2.28. The number of hydrogen-bond acceptors (Lipinski definition) is 2. The molecule has 1 fully saturated rings. The Morgan fingerprint density at radius 3 is 2.38 bits per heavy atom. The molecule has 1 atom stereocenters. The van der Waals surface area contributed by atoms with Crippen molar-refractivity contribution < 1.29 is 14.0 Å². The third-order valence-electron chi connectivity index (χ3n) is 3.09. The summed E-state index contributed by atoms with van der Waals surface area (Å²) in [6, 6.07) is 5.76. The van der Waals surface area contributed by atoms with Gasteiger partial charge in [0.2, 0.25) is 11.8 Å². The van der Waals surface area contributed by atoms with Gasteiger partial charge in [-0.1, -0.05) is 12.1 Å². The molecule has 1 aliphatic rings. The summed E-state index contributed by atoms with van der Waals surface area (Å²) in [5, 5.41) is 0. The molecule has 16 heavy (non-hydrogen) atoms. The first-order chi connectivity index (χ1) is 7.48. The van der Waals surface area contributed by atoms with Gasteiger partial charge in [-0.05, 0) is 24.1 Å². The molecule has 0 aromatic heterocycles. The zero-order valence-corrected chi connectivity index (χ0v) is 8.44. The second-order valence-electron chi connectivity index (χ2n) is 4.01. The van der Waals surface area contributed by atoms with Crippen molar-refractivity contribution in [3.63, 3.8) is 0 Å². The summed E-state index contributed by atoms with van der Waals surface area (Å²) in [7, 11) is 0. The molecule has 2 amide bonds. The Bertz CT molecular complexity index is 459. The van der Waals surface area contributed by atoms with Gasteiger partial charge in [-0.2, -0.15) is 0 Å². The third kappa shape index (κ3) is 1.36. The third-order valence-corrected chi connectivity index (χ3v) is 3.09. The number of hydrogen-bond donors (Lipinski definition) is 2. The van der Waals surface area contributed by atoms with Gasteiger partial charge in [0, 0.05) is 5.92 Å². The standard InChI is InChI=1S/C11H11FN2O2/c12-7-3-1-2-6(4-7)8-5-11(8,9(13)15)10(14)16/h1-4,8H,5H2,(H2,13,15)(H2,14,16). The van der Waals surface area contributed by atoms with Gasteiger partial charge in [0.05, 0.1) is 0 Å². The Hall–Kier alpha value is -1.91. The van der Waals surface area contributed by atoms with E-state index < -0.39 is 29.0 Å². The molecule has 84 valence electrons. The quantitative estimate of drug-likeness (QED) is 0.719. The molecule has 1 aromatic rings. The van der Waals surface area contributed by atoms with Crippen LogP contribution < -0.4 is 11.5 Å². The van der Waals surface area contributed by atoms with Crippen molar-refractivity contribution in [2.75, 3.05) is 0 Å². The van der Waals surface area contributed by atoms with Crippen LogP contribution in [0.2, 0.25) is 0 Å². The Morgan fingerprint density at radius 1 is 1.31 bits per heavy atom. The van der Waals surface area contributed by atoms with Crippen LogP contribution >= 0.6 is 0 Å². The van der Waals surface area contributed by atoms with Crippen molar-refractivity contribution in [1.82, 2.24) is 0 Å². The SMILES string of the molecule is NC(=O)C1(C(N)=O)CC1c1cccc(F)c1. The van der Waals surface area contributed by atoms with Crippen molar-refractivity contribution >= 4 is 11.8 Å². The fourth-order valence-corrected chi connectivity index (χ4v) is 2.05. The van der Waals surface area contributed by atoms with Crippen LogP contribution in [-0.4, -0.2) is 11.8 Å². The molecule has 1 saturated carbocycles. The van der Waals surface area contributed by atoms with E-state index in [9.17, 15) is 14.0 Å². The van der Waals surface area contributed by atoms with E-state index in [0.717, 1.165) is 0 Å². The molecule has 5 heteroatoms. The van der Waals surface area contributed by atoms with E-state index in [-0.39, 0.29) is 6.42 Å². The number of halogens is 1. The average Bonchev–Trinajstić information content (AvgIpc) is 2.93. The van der Waals surface area contributed by atoms with Crippen LogP contribution in [0, 0.1) is 11.2 Å². The highest BCUT2D eigenvalue weighted by atomic mass is 19.1. The Kier molecular flexibility index (Phi) is 2.18. The molecule has 1 aromatic carbocycles. The maximum absolute atomic E-state index is 13.0. The number of rotatable bonds is 3. The maximum Gasteiger partial charge on any atom is 0.233 e. The first kappa shape index (κ1) is 10.6. The molecule has 0 saturated heterocycles. The summed E-state index contributed by atoms with van der Waals surface area (Å²) in [6.45, 7) is 0. The largest absolute Gasteiger partial charge is 0.369 e. The molecule has 0 bridgehead atoms. The topological polar surface area (TPSA) is 86.2 Å². The minimum atomic E-state index is -1.33. The van der Waals surface area contributed by atoms with E-state index in [1.54, 1.807) is 6.07 Å². The lowest BCUT2D eigenvalue weighted by Gasteiger charge is -2.08. The van der Waals surface area contributed by atoms with Crippen LogP contribution in [0.25, 0.3) is 0 Å². The second-order valence-corrected chi connectivity index (χ2v) is 4.01. The van der Waals surface area contributed by atoms with Crippen molar-refractivity contribution in [2.24, 2.45) is 16.9 Å². The zero-order chi connectivity index (χ0) is 11.9. The predicted molar refractivity (Wildman–Crippen MR) is 54.6 cm³/mol. The number of amides is 2. The number of primary amides is 2. The van der Waals surface area contributed by atoms with E-state index in [4.69, 9.17) is 11.5 Å².